The second-order valence-electron chi connectivity index (χ2n) is 6.68. The number of aromatic nitrogens is 1. The number of oxazole rings is 1. The molecule has 2 heterocycles. The van der Waals surface area contributed by atoms with Crippen molar-refractivity contribution in [3.63, 3.8) is 0 Å². The van der Waals surface area contributed by atoms with Gasteiger partial charge < -0.3 is 9.73 Å². The highest BCUT2D eigenvalue weighted by molar-refractivity contribution is 5.93. The molecule has 2 rings (SSSR count). The summed E-state index contributed by atoms with van der Waals surface area (Å²) in [5, 5.41) is 2.78. The summed E-state index contributed by atoms with van der Waals surface area (Å²) >= 11 is 0. The standard InChI is InChI=1S/C16H24F3N3O2/c1-10(2)15-21-13(11(3)24-15)14(23)20-7-12-5-4-6-22(8-12)9-16(17,18)19/h10,12H,4-9H2,1-3H3,(H,20,23). The van der Waals surface area contributed by atoms with Crippen molar-refractivity contribution in [2.75, 3.05) is 26.2 Å². The van der Waals surface area contributed by atoms with Gasteiger partial charge in [0.05, 0.1) is 6.54 Å². The lowest BCUT2D eigenvalue weighted by Crippen LogP contribution is -2.44. The predicted molar refractivity (Wildman–Crippen MR) is 82.9 cm³/mol. The SMILES string of the molecule is Cc1oc(C(C)C)nc1C(=O)NCC1CCCN(CC(F)(F)F)C1. The Labute approximate surface area is 139 Å². The van der Waals surface area contributed by atoms with Gasteiger partial charge in [-0.15, -0.1) is 0 Å². The zero-order valence-electron chi connectivity index (χ0n) is 14.2. The summed E-state index contributed by atoms with van der Waals surface area (Å²) in [4.78, 5) is 17.8. The van der Waals surface area contributed by atoms with E-state index >= 15 is 0 Å². The van der Waals surface area contributed by atoms with Gasteiger partial charge in [-0.25, -0.2) is 4.98 Å². The lowest BCUT2D eigenvalue weighted by molar-refractivity contribution is -0.149. The Kier molecular flexibility index (Phi) is 5.90. The van der Waals surface area contributed by atoms with Gasteiger partial charge >= 0.3 is 6.18 Å². The fraction of sp³-hybridized carbons (Fsp3) is 0.750. The van der Waals surface area contributed by atoms with Crippen molar-refractivity contribution in [2.24, 2.45) is 5.92 Å². The van der Waals surface area contributed by atoms with Crippen molar-refractivity contribution in [3.05, 3.63) is 17.3 Å². The first-order valence-electron chi connectivity index (χ1n) is 8.20. The molecular weight excluding hydrogens is 323 g/mol. The molecule has 24 heavy (non-hydrogen) atoms. The third-order valence-corrected chi connectivity index (χ3v) is 4.08. The molecule has 5 nitrogen and oxygen atoms in total. The minimum Gasteiger partial charge on any atom is -0.445 e. The van der Waals surface area contributed by atoms with E-state index < -0.39 is 12.7 Å². The molecule has 0 spiro atoms. The van der Waals surface area contributed by atoms with Crippen molar-refractivity contribution in [1.29, 1.82) is 0 Å². The van der Waals surface area contributed by atoms with Crippen LogP contribution in [0.5, 0.6) is 0 Å². The average Bonchev–Trinajstić information content (AvgIpc) is 2.86. The molecule has 1 atom stereocenters. The third kappa shape index (κ3) is 5.22. The molecule has 1 aliphatic rings. The van der Waals surface area contributed by atoms with Crippen LogP contribution >= 0.6 is 0 Å². The summed E-state index contributed by atoms with van der Waals surface area (Å²) in [6, 6.07) is 0. The zero-order valence-corrected chi connectivity index (χ0v) is 14.2. The van der Waals surface area contributed by atoms with Gasteiger partial charge in [-0.3, -0.25) is 9.69 Å². The molecule has 1 aliphatic heterocycles. The number of nitrogens with zero attached hydrogens (tertiary/aromatic N) is 2. The molecule has 0 saturated carbocycles. The molecule has 0 bridgehead atoms. The minimum absolute atomic E-state index is 0.0156. The summed E-state index contributed by atoms with van der Waals surface area (Å²) in [5.74, 6) is 0.725. The fourth-order valence-electron chi connectivity index (χ4n) is 2.91. The number of amides is 1. The van der Waals surface area contributed by atoms with E-state index in [4.69, 9.17) is 4.42 Å². The number of halogens is 3. The molecule has 1 aromatic rings. The lowest BCUT2D eigenvalue weighted by atomic mass is 9.98. The van der Waals surface area contributed by atoms with Crippen LogP contribution in [0.25, 0.3) is 0 Å². The highest BCUT2D eigenvalue weighted by atomic mass is 19.4. The quantitative estimate of drug-likeness (QED) is 0.889. The number of rotatable bonds is 5. The van der Waals surface area contributed by atoms with Crippen molar-refractivity contribution >= 4 is 5.91 Å². The molecule has 0 aromatic carbocycles. The summed E-state index contributed by atoms with van der Waals surface area (Å²) in [7, 11) is 0. The van der Waals surface area contributed by atoms with Crippen LogP contribution in [0, 0.1) is 12.8 Å². The van der Waals surface area contributed by atoms with E-state index in [1.807, 2.05) is 13.8 Å². The number of piperidine rings is 1. The molecule has 1 amide bonds. The monoisotopic (exact) mass is 347 g/mol. The van der Waals surface area contributed by atoms with E-state index in [-0.39, 0.29) is 23.4 Å². The molecule has 1 N–H and O–H groups in total. The van der Waals surface area contributed by atoms with Crippen molar-refractivity contribution < 1.29 is 22.4 Å². The number of likely N-dealkylation sites (tertiary alicyclic amines) is 1. The Bertz CT molecular complexity index is 569. The van der Waals surface area contributed by atoms with Gasteiger partial charge in [-0.05, 0) is 32.2 Å². The van der Waals surface area contributed by atoms with E-state index in [2.05, 4.69) is 10.3 Å². The minimum atomic E-state index is -4.18. The van der Waals surface area contributed by atoms with Crippen molar-refractivity contribution in [1.82, 2.24) is 15.2 Å². The summed E-state index contributed by atoms with van der Waals surface area (Å²) < 4.78 is 42.9. The van der Waals surface area contributed by atoms with Gasteiger partial charge in [0, 0.05) is 19.0 Å². The van der Waals surface area contributed by atoms with Gasteiger partial charge in [-0.1, -0.05) is 13.8 Å². The van der Waals surface area contributed by atoms with Gasteiger partial charge in [-0.2, -0.15) is 13.2 Å². The second-order valence-corrected chi connectivity index (χ2v) is 6.68. The Balaban J connectivity index is 1.87. The Morgan fingerprint density at radius 2 is 2.17 bits per heavy atom. The number of nitrogens with one attached hydrogen (secondary N) is 1. The molecule has 136 valence electrons. The number of carbonyl (C=O) groups excluding carboxylic acids is 1. The van der Waals surface area contributed by atoms with Gasteiger partial charge in [0.2, 0.25) is 0 Å². The smallest absolute Gasteiger partial charge is 0.401 e. The van der Waals surface area contributed by atoms with Crippen LogP contribution in [-0.4, -0.2) is 48.1 Å². The molecule has 1 saturated heterocycles. The zero-order chi connectivity index (χ0) is 17.9. The maximum atomic E-state index is 12.5. The van der Waals surface area contributed by atoms with Gasteiger partial charge in [0.15, 0.2) is 11.6 Å². The first-order valence-corrected chi connectivity index (χ1v) is 8.20. The van der Waals surface area contributed by atoms with Crippen LogP contribution in [0.4, 0.5) is 13.2 Å². The number of aryl methyl sites for hydroxylation is 1. The summed E-state index contributed by atoms with van der Waals surface area (Å²) in [5.41, 5.74) is 0.252. The normalized spacial score (nSPS) is 19.7. The van der Waals surface area contributed by atoms with Crippen LogP contribution in [0.3, 0.4) is 0 Å². The fourth-order valence-corrected chi connectivity index (χ4v) is 2.91. The molecular formula is C16H24F3N3O2. The Morgan fingerprint density at radius 3 is 2.75 bits per heavy atom. The maximum Gasteiger partial charge on any atom is 0.401 e. The van der Waals surface area contributed by atoms with Crippen LogP contribution in [0.1, 0.15) is 54.7 Å². The van der Waals surface area contributed by atoms with E-state index in [1.165, 1.54) is 4.90 Å². The van der Waals surface area contributed by atoms with Gasteiger partial charge in [0.25, 0.3) is 5.91 Å². The van der Waals surface area contributed by atoms with Crippen LogP contribution in [0.2, 0.25) is 0 Å². The highest BCUT2D eigenvalue weighted by Crippen LogP contribution is 2.22. The third-order valence-electron chi connectivity index (χ3n) is 4.08. The number of alkyl halides is 3. The van der Waals surface area contributed by atoms with Crippen LogP contribution in [0.15, 0.2) is 4.42 Å². The van der Waals surface area contributed by atoms with Crippen molar-refractivity contribution in [2.45, 2.75) is 45.7 Å². The number of hydrogen-bond donors (Lipinski definition) is 1. The second kappa shape index (κ2) is 7.55. The topological polar surface area (TPSA) is 58.4 Å². The van der Waals surface area contributed by atoms with E-state index in [1.54, 1.807) is 6.92 Å². The van der Waals surface area contributed by atoms with E-state index in [0.29, 0.717) is 37.7 Å². The largest absolute Gasteiger partial charge is 0.445 e. The molecule has 1 fully saturated rings. The van der Waals surface area contributed by atoms with Gasteiger partial charge in [0.1, 0.15) is 5.76 Å². The lowest BCUT2D eigenvalue weighted by Gasteiger charge is -2.33. The molecule has 1 unspecified atom stereocenters. The molecule has 0 aliphatic carbocycles. The summed E-state index contributed by atoms with van der Waals surface area (Å²) in [6.07, 6.45) is -2.67. The van der Waals surface area contributed by atoms with E-state index in [0.717, 1.165) is 6.42 Å². The van der Waals surface area contributed by atoms with E-state index in [9.17, 15) is 18.0 Å². The number of carbonyl (C=O) groups is 1. The van der Waals surface area contributed by atoms with Crippen LogP contribution in [-0.2, 0) is 0 Å². The highest BCUT2D eigenvalue weighted by Gasteiger charge is 2.33. The Morgan fingerprint density at radius 1 is 1.46 bits per heavy atom. The predicted octanol–water partition coefficient (Wildman–Crippen LogP) is 3.11. The Hall–Kier alpha value is -1.57. The van der Waals surface area contributed by atoms with Crippen molar-refractivity contribution in [3.8, 4) is 0 Å². The first kappa shape index (κ1) is 18.8. The summed E-state index contributed by atoms with van der Waals surface area (Å²) in [6.45, 7) is 5.76. The molecule has 1 aromatic heterocycles. The maximum absolute atomic E-state index is 12.5. The average molecular weight is 347 g/mol. The number of hydrogen-bond acceptors (Lipinski definition) is 4. The first-order chi connectivity index (χ1) is 11.2. The molecule has 8 heteroatoms. The van der Waals surface area contributed by atoms with Crippen LogP contribution < -0.4 is 5.32 Å². The molecule has 0 radical (unpaired) electrons.